The molecule has 3 rings (SSSR count). The van der Waals surface area contributed by atoms with Gasteiger partial charge in [0.25, 0.3) is 5.56 Å². The quantitative estimate of drug-likeness (QED) is 0.672. The monoisotopic (exact) mass is 335 g/mol. The highest BCUT2D eigenvalue weighted by Gasteiger charge is 2.08. The predicted octanol–water partition coefficient (Wildman–Crippen LogP) is 3.19. The maximum absolute atomic E-state index is 12.3. The third kappa shape index (κ3) is 3.95. The van der Waals surface area contributed by atoms with Crippen molar-refractivity contribution < 1.29 is 4.74 Å². The largest absolute Gasteiger partial charge is 0.475 e. The first-order chi connectivity index (χ1) is 12.0. The Morgan fingerprint density at radius 3 is 2.64 bits per heavy atom. The van der Waals surface area contributed by atoms with Gasteiger partial charge in [-0.2, -0.15) is 0 Å². The smallest absolute Gasteiger partial charge is 0.255 e. The fourth-order valence-electron chi connectivity index (χ4n) is 2.38. The van der Waals surface area contributed by atoms with Crippen LogP contribution >= 0.6 is 0 Å². The minimum Gasteiger partial charge on any atom is -0.475 e. The molecule has 1 atom stereocenters. The van der Waals surface area contributed by atoms with E-state index in [-0.39, 0.29) is 11.8 Å². The van der Waals surface area contributed by atoms with Crippen molar-refractivity contribution in [1.29, 1.82) is 0 Å². The number of rotatable bonds is 5. The molecule has 0 aliphatic heterocycles. The van der Waals surface area contributed by atoms with Crippen LogP contribution in [0.3, 0.4) is 0 Å². The Labute approximate surface area is 147 Å². The minimum absolute atomic E-state index is 0.0631. The molecule has 1 unspecified atom stereocenters. The summed E-state index contributed by atoms with van der Waals surface area (Å²) in [6, 6.07) is 16.6. The van der Waals surface area contributed by atoms with E-state index in [1.165, 1.54) is 0 Å². The number of hydrogen-bond donors (Lipinski definition) is 0. The van der Waals surface area contributed by atoms with E-state index in [1.54, 1.807) is 29.1 Å². The average molecular weight is 335 g/mol. The van der Waals surface area contributed by atoms with E-state index >= 15 is 0 Å². The zero-order valence-electron chi connectivity index (χ0n) is 14.6. The van der Waals surface area contributed by atoms with Crippen molar-refractivity contribution in [3.8, 4) is 22.7 Å². The van der Waals surface area contributed by atoms with Gasteiger partial charge in [-0.1, -0.05) is 12.1 Å². The van der Waals surface area contributed by atoms with E-state index < -0.39 is 0 Å². The lowest BCUT2D eigenvalue weighted by molar-refractivity contribution is 0.0815. The third-order valence-electron chi connectivity index (χ3n) is 4.00. The highest BCUT2D eigenvalue weighted by molar-refractivity contribution is 5.58. The zero-order chi connectivity index (χ0) is 17.8. The summed E-state index contributed by atoms with van der Waals surface area (Å²) in [6.45, 7) is 1.97. The third-order valence-corrected chi connectivity index (χ3v) is 4.00. The van der Waals surface area contributed by atoms with Gasteiger partial charge in [0, 0.05) is 30.1 Å². The van der Waals surface area contributed by atoms with Crippen molar-refractivity contribution in [3.63, 3.8) is 0 Å². The van der Waals surface area contributed by atoms with Crippen LogP contribution in [-0.4, -0.2) is 34.8 Å². The second-order valence-corrected chi connectivity index (χ2v) is 6.02. The molecule has 2 heterocycles. The molecule has 0 saturated carbocycles. The lowest BCUT2D eigenvalue weighted by Crippen LogP contribution is -2.30. The molecule has 0 saturated heterocycles. The summed E-state index contributed by atoms with van der Waals surface area (Å²) in [6.07, 6.45) is 3.48. The zero-order valence-corrected chi connectivity index (χ0v) is 14.6. The number of nitrogens with zero attached hydrogens (tertiary/aromatic N) is 3. The number of aromatic nitrogens is 2. The van der Waals surface area contributed by atoms with Crippen LogP contribution in [0, 0.1) is 0 Å². The molecule has 2 aromatic heterocycles. The van der Waals surface area contributed by atoms with Crippen LogP contribution in [0.2, 0.25) is 0 Å². The Kier molecular flexibility index (Phi) is 4.95. The van der Waals surface area contributed by atoms with Crippen LogP contribution in [0.5, 0.6) is 5.75 Å². The van der Waals surface area contributed by atoms with Crippen LogP contribution in [0.15, 0.2) is 71.8 Å². The summed E-state index contributed by atoms with van der Waals surface area (Å²) in [5, 5.41) is 0. The van der Waals surface area contributed by atoms with Crippen LogP contribution in [-0.2, 0) is 0 Å². The molecule has 5 heteroatoms. The number of pyridine rings is 2. The molecule has 3 aromatic rings. The van der Waals surface area contributed by atoms with Crippen LogP contribution in [0.25, 0.3) is 16.9 Å². The Hall–Kier alpha value is -2.92. The number of ether oxygens (including phenoxy) is 1. The minimum atomic E-state index is -0.0995. The first-order valence-electron chi connectivity index (χ1n) is 8.12. The summed E-state index contributed by atoms with van der Waals surface area (Å²) in [4.78, 5) is 18.7. The molecule has 0 bridgehead atoms. The van der Waals surface area contributed by atoms with Gasteiger partial charge >= 0.3 is 0 Å². The predicted molar refractivity (Wildman–Crippen MR) is 99.0 cm³/mol. The molecule has 0 aliphatic carbocycles. The van der Waals surface area contributed by atoms with Crippen LogP contribution in [0.1, 0.15) is 6.92 Å². The van der Waals surface area contributed by atoms with E-state index in [9.17, 15) is 4.79 Å². The molecule has 0 N–H and O–H groups in total. The Bertz CT molecular complexity index is 904. The first kappa shape index (κ1) is 16.9. The second kappa shape index (κ2) is 7.32. The van der Waals surface area contributed by atoms with E-state index in [0.717, 1.165) is 16.9 Å². The van der Waals surface area contributed by atoms with Gasteiger partial charge in [0.15, 0.2) is 0 Å². The van der Waals surface area contributed by atoms with Crippen molar-refractivity contribution >= 4 is 0 Å². The highest BCUT2D eigenvalue weighted by Crippen LogP contribution is 2.20. The van der Waals surface area contributed by atoms with Crippen molar-refractivity contribution in [2.75, 3.05) is 14.1 Å². The SMILES string of the molecule is CC(Oc1cccc(-n2cc(-c3ccccn3)ccc2=O)c1)N(C)C. The average Bonchev–Trinajstić information content (AvgIpc) is 2.63. The van der Waals surface area contributed by atoms with E-state index in [0.29, 0.717) is 5.75 Å². The van der Waals surface area contributed by atoms with Gasteiger partial charge in [0.05, 0.1) is 11.4 Å². The summed E-state index contributed by atoms with van der Waals surface area (Å²) in [5.41, 5.74) is 2.36. The number of hydrogen-bond acceptors (Lipinski definition) is 4. The van der Waals surface area contributed by atoms with Gasteiger partial charge in [-0.25, -0.2) is 0 Å². The van der Waals surface area contributed by atoms with Crippen LogP contribution < -0.4 is 10.3 Å². The summed E-state index contributed by atoms with van der Waals surface area (Å²) >= 11 is 0. The maximum atomic E-state index is 12.3. The van der Waals surface area contributed by atoms with E-state index in [4.69, 9.17) is 4.74 Å². The van der Waals surface area contributed by atoms with Crippen molar-refractivity contribution in [3.05, 3.63) is 77.3 Å². The molecule has 0 amide bonds. The molecule has 1 aromatic carbocycles. The lowest BCUT2D eigenvalue weighted by atomic mass is 10.2. The Morgan fingerprint density at radius 1 is 1.08 bits per heavy atom. The lowest BCUT2D eigenvalue weighted by Gasteiger charge is -2.21. The van der Waals surface area contributed by atoms with Gasteiger partial charge in [-0.05, 0) is 51.4 Å². The topological polar surface area (TPSA) is 47.4 Å². The Balaban J connectivity index is 1.98. The molecule has 5 nitrogen and oxygen atoms in total. The molecule has 0 spiro atoms. The molecular weight excluding hydrogens is 314 g/mol. The van der Waals surface area contributed by atoms with Crippen molar-refractivity contribution in [2.24, 2.45) is 0 Å². The van der Waals surface area contributed by atoms with Crippen molar-refractivity contribution in [1.82, 2.24) is 14.5 Å². The second-order valence-electron chi connectivity index (χ2n) is 6.02. The first-order valence-corrected chi connectivity index (χ1v) is 8.12. The number of benzene rings is 1. The van der Waals surface area contributed by atoms with Gasteiger partial charge in [-0.3, -0.25) is 19.2 Å². The Morgan fingerprint density at radius 2 is 1.92 bits per heavy atom. The van der Waals surface area contributed by atoms with Crippen molar-refractivity contribution in [2.45, 2.75) is 13.2 Å². The molecule has 0 fully saturated rings. The van der Waals surface area contributed by atoms with Gasteiger partial charge in [-0.15, -0.1) is 0 Å². The standard InChI is InChI=1S/C20H21N3O2/c1-15(22(2)3)25-18-8-6-7-17(13-18)23-14-16(10-11-20(23)24)19-9-4-5-12-21-19/h4-15H,1-3H3. The highest BCUT2D eigenvalue weighted by atomic mass is 16.5. The van der Waals surface area contributed by atoms with Crippen LogP contribution in [0.4, 0.5) is 0 Å². The van der Waals surface area contributed by atoms with Gasteiger partial charge < -0.3 is 4.74 Å². The fourth-order valence-corrected chi connectivity index (χ4v) is 2.38. The summed E-state index contributed by atoms with van der Waals surface area (Å²) < 4.78 is 7.50. The maximum Gasteiger partial charge on any atom is 0.255 e. The molecule has 128 valence electrons. The molecule has 0 aliphatic rings. The van der Waals surface area contributed by atoms with Gasteiger partial charge in [0.1, 0.15) is 12.0 Å². The van der Waals surface area contributed by atoms with E-state index in [1.807, 2.05) is 68.4 Å². The molecular formula is C20H21N3O2. The fraction of sp³-hybridized carbons (Fsp3) is 0.200. The normalized spacial score (nSPS) is 12.2. The molecule has 25 heavy (non-hydrogen) atoms. The summed E-state index contributed by atoms with van der Waals surface area (Å²) in [7, 11) is 3.91. The van der Waals surface area contributed by atoms with E-state index in [2.05, 4.69) is 4.98 Å². The molecule has 0 radical (unpaired) electrons. The summed E-state index contributed by atoms with van der Waals surface area (Å²) in [5.74, 6) is 0.717. The van der Waals surface area contributed by atoms with Gasteiger partial charge in [0.2, 0.25) is 0 Å².